The molecule has 4 heteroatoms. The van der Waals surface area contributed by atoms with E-state index in [9.17, 15) is 4.79 Å². The molecule has 0 unspecified atom stereocenters. The first-order valence-electron chi connectivity index (χ1n) is 6.34. The van der Waals surface area contributed by atoms with E-state index >= 15 is 0 Å². The van der Waals surface area contributed by atoms with Crippen molar-refractivity contribution in [2.24, 2.45) is 5.73 Å². The molecule has 1 aromatic carbocycles. The van der Waals surface area contributed by atoms with E-state index < -0.39 is 0 Å². The lowest BCUT2D eigenvalue weighted by Crippen LogP contribution is -2.40. The molecule has 0 bridgehead atoms. The molecule has 0 heterocycles. The van der Waals surface area contributed by atoms with E-state index in [-0.39, 0.29) is 11.4 Å². The molecule has 3 N–H and O–H groups in total. The molecule has 1 aliphatic rings. The number of benzene rings is 1. The fourth-order valence-electron chi connectivity index (χ4n) is 2.51. The van der Waals surface area contributed by atoms with Gasteiger partial charge in [-0.1, -0.05) is 30.5 Å². The molecule has 0 saturated heterocycles. The van der Waals surface area contributed by atoms with Gasteiger partial charge in [0, 0.05) is 22.7 Å². The van der Waals surface area contributed by atoms with Gasteiger partial charge >= 0.3 is 0 Å². The highest BCUT2D eigenvalue weighted by atomic mass is 35.5. The highest BCUT2D eigenvalue weighted by Gasteiger charge is 2.31. The van der Waals surface area contributed by atoms with Crippen LogP contribution in [0.15, 0.2) is 18.2 Å². The van der Waals surface area contributed by atoms with Crippen molar-refractivity contribution in [3.05, 3.63) is 28.8 Å². The predicted octanol–water partition coefficient (Wildman–Crippen LogP) is 3.25. The molecule has 0 atom stereocenters. The van der Waals surface area contributed by atoms with Gasteiger partial charge in [-0.2, -0.15) is 0 Å². The number of anilines is 1. The van der Waals surface area contributed by atoms with Crippen molar-refractivity contribution in [1.82, 2.24) is 0 Å². The number of nitrogens with two attached hydrogens (primary N) is 1. The van der Waals surface area contributed by atoms with E-state index in [0.717, 1.165) is 36.9 Å². The van der Waals surface area contributed by atoms with Gasteiger partial charge in [-0.15, -0.1) is 0 Å². The number of hydrogen-bond donors (Lipinski definition) is 2. The smallest absolute Gasteiger partial charge is 0.226 e. The molecule has 0 aromatic heterocycles. The molecule has 2 rings (SSSR count). The minimum Gasteiger partial charge on any atom is -0.326 e. The first kappa shape index (κ1) is 13.4. The molecule has 1 saturated carbocycles. The standard InChI is InChI=1S/C14H19ClN2O/c1-10-11(15)5-4-6-12(10)17-13(18)9-14(16)7-2-3-8-14/h4-6H,2-3,7-9,16H2,1H3,(H,17,18). The Hall–Kier alpha value is -1.06. The SMILES string of the molecule is Cc1c(Cl)cccc1NC(=O)CC1(N)CCCC1. The van der Waals surface area contributed by atoms with E-state index in [1.807, 2.05) is 25.1 Å². The zero-order chi connectivity index (χ0) is 13.2. The zero-order valence-corrected chi connectivity index (χ0v) is 11.4. The summed E-state index contributed by atoms with van der Waals surface area (Å²) in [5, 5.41) is 3.56. The number of halogens is 1. The Morgan fingerprint density at radius 2 is 2.11 bits per heavy atom. The summed E-state index contributed by atoms with van der Waals surface area (Å²) in [6, 6.07) is 5.50. The van der Waals surface area contributed by atoms with E-state index in [0.29, 0.717) is 11.4 Å². The number of hydrogen-bond acceptors (Lipinski definition) is 2. The van der Waals surface area contributed by atoms with Crippen molar-refractivity contribution in [2.45, 2.75) is 44.6 Å². The van der Waals surface area contributed by atoms with Gasteiger partial charge in [0.2, 0.25) is 5.91 Å². The van der Waals surface area contributed by atoms with Crippen molar-refractivity contribution in [2.75, 3.05) is 5.32 Å². The Labute approximate surface area is 113 Å². The summed E-state index contributed by atoms with van der Waals surface area (Å²) in [4.78, 5) is 12.0. The highest BCUT2D eigenvalue weighted by molar-refractivity contribution is 6.31. The molecule has 1 aliphatic carbocycles. The Kier molecular flexibility index (Phi) is 3.93. The number of carbonyl (C=O) groups excluding carboxylic acids is 1. The largest absolute Gasteiger partial charge is 0.326 e. The summed E-state index contributed by atoms with van der Waals surface area (Å²) in [7, 11) is 0. The molecule has 0 radical (unpaired) electrons. The van der Waals surface area contributed by atoms with E-state index in [4.69, 9.17) is 17.3 Å². The van der Waals surface area contributed by atoms with Gasteiger partial charge in [-0.05, 0) is 37.5 Å². The summed E-state index contributed by atoms with van der Waals surface area (Å²) < 4.78 is 0. The maximum atomic E-state index is 12.0. The van der Waals surface area contributed by atoms with Gasteiger partial charge in [-0.3, -0.25) is 4.79 Å². The first-order valence-corrected chi connectivity index (χ1v) is 6.72. The third-order valence-corrected chi connectivity index (χ3v) is 4.06. The molecule has 1 amide bonds. The zero-order valence-electron chi connectivity index (χ0n) is 10.6. The van der Waals surface area contributed by atoms with Crippen LogP contribution in [0.4, 0.5) is 5.69 Å². The molecule has 1 aromatic rings. The second kappa shape index (κ2) is 5.29. The Bertz CT molecular complexity index is 453. The number of amides is 1. The van der Waals surface area contributed by atoms with Crippen molar-refractivity contribution in [3.63, 3.8) is 0 Å². The van der Waals surface area contributed by atoms with Crippen LogP contribution in [0.25, 0.3) is 0 Å². The summed E-state index contributed by atoms with van der Waals surface area (Å²) in [5.74, 6) is -0.0234. The quantitative estimate of drug-likeness (QED) is 0.882. The fourth-order valence-corrected chi connectivity index (χ4v) is 2.69. The van der Waals surface area contributed by atoms with Gasteiger partial charge in [-0.25, -0.2) is 0 Å². The van der Waals surface area contributed by atoms with Crippen LogP contribution in [-0.4, -0.2) is 11.4 Å². The molecular weight excluding hydrogens is 248 g/mol. The number of carbonyl (C=O) groups is 1. The lowest BCUT2D eigenvalue weighted by Gasteiger charge is -2.22. The van der Waals surface area contributed by atoms with Crippen molar-refractivity contribution < 1.29 is 4.79 Å². The second-order valence-corrected chi connectivity index (χ2v) is 5.61. The Morgan fingerprint density at radius 1 is 1.44 bits per heavy atom. The van der Waals surface area contributed by atoms with Crippen LogP contribution in [0, 0.1) is 6.92 Å². The molecule has 18 heavy (non-hydrogen) atoms. The normalized spacial score (nSPS) is 17.7. The van der Waals surface area contributed by atoms with E-state index in [1.165, 1.54) is 0 Å². The lowest BCUT2D eigenvalue weighted by atomic mass is 9.94. The third-order valence-electron chi connectivity index (χ3n) is 3.65. The number of rotatable bonds is 3. The minimum atomic E-state index is -0.309. The topological polar surface area (TPSA) is 55.1 Å². The highest BCUT2D eigenvalue weighted by Crippen LogP contribution is 2.30. The summed E-state index contributed by atoms with van der Waals surface area (Å²) >= 11 is 6.02. The average molecular weight is 267 g/mol. The molecule has 98 valence electrons. The van der Waals surface area contributed by atoms with Gasteiger partial charge in [0.25, 0.3) is 0 Å². The van der Waals surface area contributed by atoms with Crippen LogP contribution in [-0.2, 0) is 4.79 Å². The molecule has 1 fully saturated rings. The molecule has 3 nitrogen and oxygen atoms in total. The fraction of sp³-hybridized carbons (Fsp3) is 0.500. The second-order valence-electron chi connectivity index (χ2n) is 5.21. The van der Waals surface area contributed by atoms with Crippen LogP contribution in [0.2, 0.25) is 5.02 Å². The maximum Gasteiger partial charge on any atom is 0.226 e. The van der Waals surface area contributed by atoms with Gasteiger partial charge in [0.1, 0.15) is 0 Å². The summed E-state index contributed by atoms with van der Waals surface area (Å²) in [5.41, 5.74) is 7.55. The van der Waals surface area contributed by atoms with Crippen LogP contribution in [0.5, 0.6) is 0 Å². The predicted molar refractivity (Wildman–Crippen MR) is 74.8 cm³/mol. The monoisotopic (exact) mass is 266 g/mol. The summed E-state index contributed by atoms with van der Waals surface area (Å²) in [6.07, 6.45) is 4.52. The Morgan fingerprint density at radius 3 is 2.78 bits per heavy atom. The van der Waals surface area contributed by atoms with E-state index in [2.05, 4.69) is 5.32 Å². The number of nitrogens with one attached hydrogen (secondary N) is 1. The van der Waals surface area contributed by atoms with Crippen LogP contribution in [0.3, 0.4) is 0 Å². The Balaban J connectivity index is 2.01. The minimum absolute atomic E-state index is 0.0234. The summed E-state index contributed by atoms with van der Waals surface area (Å²) in [6.45, 7) is 1.89. The van der Waals surface area contributed by atoms with E-state index in [1.54, 1.807) is 0 Å². The van der Waals surface area contributed by atoms with Crippen LogP contribution >= 0.6 is 11.6 Å². The molecule has 0 aliphatic heterocycles. The van der Waals surface area contributed by atoms with Crippen molar-refractivity contribution in [1.29, 1.82) is 0 Å². The average Bonchev–Trinajstić information content (AvgIpc) is 2.71. The first-order chi connectivity index (χ1) is 8.50. The van der Waals surface area contributed by atoms with Crippen LogP contribution < -0.4 is 11.1 Å². The molecule has 0 spiro atoms. The lowest BCUT2D eigenvalue weighted by molar-refractivity contribution is -0.117. The maximum absolute atomic E-state index is 12.0. The van der Waals surface area contributed by atoms with Crippen LogP contribution in [0.1, 0.15) is 37.7 Å². The van der Waals surface area contributed by atoms with Crippen molar-refractivity contribution in [3.8, 4) is 0 Å². The molecular formula is C14H19ClN2O. The van der Waals surface area contributed by atoms with Gasteiger partial charge < -0.3 is 11.1 Å². The van der Waals surface area contributed by atoms with Gasteiger partial charge in [0.15, 0.2) is 0 Å². The van der Waals surface area contributed by atoms with Crippen molar-refractivity contribution >= 4 is 23.2 Å². The van der Waals surface area contributed by atoms with Gasteiger partial charge in [0.05, 0.1) is 0 Å². The third kappa shape index (κ3) is 3.03.